The summed E-state index contributed by atoms with van der Waals surface area (Å²) in [5.41, 5.74) is 1.36. The van der Waals surface area contributed by atoms with Gasteiger partial charge in [0.2, 0.25) is 0 Å². The number of allylic oxidation sites excluding steroid dienone is 1. The van der Waals surface area contributed by atoms with Gasteiger partial charge in [-0.3, -0.25) is 4.79 Å². The summed E-state index contributed by atoms with van der Waals surface area (Å²) in [6, 6.07) is 3.73. The number of thioether (sulfide) groups is 1. The van der Waals surface area contributed by atoms with E-state index in [-0.39, 0.29) is 34.5 Å². The predicted octanol–water partition coefficient (Wildman–Crippen LogP) is 2.97. The molecule has 1 aliphatic heterocycles. The number of methoxy groups -OCH3 is 1. The molecule has 4 rings (SSSR count). The van der Waals surface area contributed by atoms with Crippen molar-refractivity contribution in [1.29, 1.82) is 0 Å². The number of Topliss-reactive ketones (excluding diaryl/α,β-unsaturated/α-hetero) is 1. The van der Waals surface area contributed by atoms with Crippen LogP contribution >= 0.6 is 11.8 Å². The number of hydrogen-bond acceptors (Lipinski definition) is 6. The van der Waals surface area contributed by atoms with Crippen molar-refractivity contribution >= 4 is 17.5 Å². The highest BCUT2D eigenvalue weighted by Gasteiger charge is 2.59. The first kappa shape index (κ1) is 17.7. The average molecular weight is 375 g/mol. The number of nitrogens with zero attached hydrogens (tertiary/aromatic N) is 1. The van der Waals surface area contributed by atoms with E-state index in [4.69, 9.17) is 4.74 Å². The van der Waals surface area contributed by atoms with Crippen LogP contribution < -0.4 is 0 Å². The van der Waals surface area contributed by atoms with Gasteiger partial charge in [-0.1, -0.05) is 13.0 Å². The molecule has 26 heavy (non-hydrogen) atoms. The molecule has 2 bridgehead atoms. The molecule has 1 heterocycles. The number of piperidine rings is 1. The van der Waals surface area contributed by atoms with Crippen LogP contribution in [0.1, 0.15) is 36.1 Å². The molecule has 140 valence electrons. The number of aromatic hydroxyl groups is 2. The summed E-state index contributed by atoms with van der Waals surface area (Å²) in [6.45, 7) is 3.00. The van der Waals surface area contributed by atoms with E-state index in [2.05, 4.69) is 18.9 Å². The van der Waals surface area contributed by atoms with Crippen molar-refractivity contribution in [3.63, 3.8) is 0 Å². The van der Waals surface area contributed by atoms with E-state index in [0.717, 1.165) is 29.8 Å². The van der Waals surface area contributed by atoms with Crippen molar-refractivity contribution < 1.29 is 19.7 Å². The lowest BCUT2D eigenvalue weighted by molar-refractivity contribution is -0.122. The Morgan fingerprint density at radius 1 is 1.38 bits per heavy atom. The van der Waals surface area contributed by atoms with Crippen molar-refractivity contribution in [2.75, 3.05) is 26.5 Å². The van der Waals surface area contributed by atoms with Gasteiger partial charge in [0.15, 0.2) is 23.0 Å². The monoisotopic (exact) mass is 375 g/mol. The second kappa shape index (κ2) is 6.20. The third-order valence-electron chi connectivity index (χ3n) is 6.38. The average Bonchev–Trinajstić information content (AvgIpc) is 2.62. The van der Waals surface area contributed by atoms with E-state index in [9.17, 15) is 15.0 Å². The predicted molar refractivity (Wildman–Crippen MR) is 102 cm³/mol. The van der Waals surface area contributed by atoms with Crippen LogP contribution in [0.4, 0.5) is 0 Å². The molecular formula is C20H25NO4S. The van der Waals surface area contributed by atoms with Gasteiger partial charge < -0.3 is 19.8 Å². The summed E-state index contributed by atoms with van der Waals surface area (Å²) in [5.74, 6) is 1.26. The second-order valence-electron chi connectivity index (χ2n) is 7.51. The highest BCUT2D eigenvalue weighted by atomic mass is 32.2. The van der Waals surface area contributed by atoms with Crippen LogP contribution in [0.2, 0.25) is 0 Å². The van der Waals surface area contributed by atoms with Crippen LogP contribution in [0.3, 0.4) is 0 Å². The smallest absolute Gasteiger partial charge is 0.197 e. The summed E-state index contributed by atoms with van der Waals surface area (Å²) < 4.78 is 5.36. The number of phenols is 2. The van der Waals surface area contributed by atoms with Gasteiger partial charge in [-0.05, 0) is 43.5 Å². The van der Waals surface area contributed by atoms with Crippen molar-refractivity contribution in [2.45, 2.75) is 36.5 Å². The second-order valence-corrected chi connectivity index (χ2v) is 8.93. The minimum absolute atomic E-state index is 0.0256. The Morgan fingerprint density at radius 3 is 2.85 bits per heavy atom. The molecular weight excluding hydrogens is 350 g/mol. The van der Waals surface area contributed by atoms with Crippen molar-refractivity contribution in [1.82, 2.24) is 4.90 Å². The molecule has 1 fully saturated rings. The topological polar surface area (TPSA) is 70.0 Å². The Labute approximate surface area is 158 Å². The highest BCUT2D eigenvalue weighted by Crippen LogP contribution is 2.62. The van der Waals surface area contributed by atoms with E-state index in [1.807, 2.05) is 23.9 Å². The maximum atomic E-state index is 12.7. The number of likely N-dealkylation sites (N-methyl/N-ethyl adjacent to an activating group) is 1. The lowest BCUT2D eigenvalue weighted by atomic mass is 9.53. The zero-order chi connectivity index (χ0) is 18.6. The molecule has 0 saturated carbocycles. The van der Waals surface area contributed by atoms with Crippen LogP contribution in [0, 0.1) is 5.92 Å². The SMILES string of the molecule is CCS[C@@H]1c2ccc(O)c(O)c2[C@@]23CCN(C)[C@@H]1[C@H]2C=C(OC)C(=O)C3. The number of carbonyl (C=O) groups excluding carboxylic acids is 1. The van der Waals surface area contributed by atoms with Crippen LogP contribution in [0.15, 0.2) is 24.0 Å². The van der Waals surface area contributed by atoms with Crippen LogP contribution in [0.5, 0.6) is 11.5 Å². The molecule has 1 aromatic carbocycles. The van der Waals surface area contributed by atoms with Gasteiger partial charge in [0.05, 0.1) is 7.11 Å². The van der Waals surface area contributed by atoms with Gasteiger partial charge in [-0.15, -0.1) is 0 Å². The first-order valence-corrected chi connectivity index (χ1v) is 10.2. The van der Waals surface area contributed by atoms with Crippen LogP contribution in [-0.2, 0) is 14.9 Å². The van der Waals surface area contributed by atoms with Crippen molar-refractivity contribution in [3.8, 4) is 11.5 Å². The quantitative estimate of drug-likeness (QED) is 0.792. The van der Waals surface area contributed by atoms with E-state index >= 15 is 0 Å². The van der Waals surface area contributed by atoms with Gasteiger partial charge in [0.1, 0.15) is 0 Å². The Hall–Kier alpha value is -1.66. The number of rotatable bonds is 3. The van der Waals surface area contributed by atoms with Crippen molar-refractivity contribution in [2.24, 2.45) is 5.92 Å². The molecule has 5 nitrogen and oxygen atoms in total. The molecule has 3 aliphatic rings. The number of benzene rings is 1. The molecule has 0 aromatic heterocycles. The third kappa shape index (κ3) is 2.24. The summed E-state index contributed by atoms with van der Waals surface area (Å²) in [5, 5.41) is 21.2. The molecule has 6 heteroatoms. The number of phenolic OH excluding ortho intramolecular Hbond substituents is 2. The Bertz CT molecular complexity index is 792. The number of fused-ring (bicyclic) bond motifs is 1. The van der Waals surface area contributed by atoms with Gasteiger partial charge >= 0.3 is 0 Å². The summed E-state index contributed by atoms with van der Waals surface area (Å²) in [6.07, 6.45) is 3.06. The van der Waals surface area contributed by atoms with E-state index in [0.29, 0.717) is 12.2 Å². The summed E-state index contributed by atoms with van der Waals surface area (Å²) in [7, 11) is 3.68. The minimum Gasteiger partial charge on any atom is -0.504 e. The van der Waals surface area contributed by atoms with Gasteiger partial charge in [-0.2, -0.15) is 11.8 Å². The maximum Gasteiger partial charge on any atom is 0.197 e. The van der Waals surface area contributed by atoms with Gasteiger partial charge in [0, 0.05) is 34.6 Å². The number of hydrogen-bond donors (Lipinski definition) is 2. The molecule has 0 unspecified atom stereocenters. The molecule has 0 spiro atoms. The number of ether oxygens (including phenoxy) is 1. The van der Waals surface area contributed by atoms with E-state index < -0.39 is 5.41 Å². The molecule has 2 aliphatic carbocycles. The van der Waals surface area contributed by atoms with Gasteiger partial charge in [0.25, 0.3) is 0 Å². The third-order valence-corrected chi connectivity index (χ3v) is 7.60. The lowest BCUT2D eigenvalue weighted by Gasteiger charge is -2.58. The number of ketones is 1. The number of likely N-dealkylation sites (tertiary alicyclic amines) is 1. The Kier molecular flexibility index (Phi) is 4.23. The number of carbonyl (C=O) groups is 1. The fourth-order valence-electron chi connectivity index (χ4n) is 5.28. The molecule has 1 saturated heterocycles. The van der Waals surface area contributed by atoms with Crippen LogP contribution in [-0.4, -0.2) is 53.4 Å². The summed E-state index contributed by atoms with van der Waals surface area (Å²) >= 11 is 1.85. The minimum atomic E-state index is -0.473. The zero-order valence-electron chi connectivity index (χ0n) is 15.4. The molecule has 0 amide bonds. The fourth-order valence-corrected chi connectivity index (χ4v) is 6.59. The fraction of sp³-hybridized carbons (Fsp3) is 0.550. The normalized spacial score (nSPS) is 33.3. The Morgan fingerprint density at radius 2 is 2.15 bits per heavy atom. The first-order valence-electron chi connectivity index (χ1n) is 9.10. The van der Waals surface area contributed by atoms with E-state index in [1.165, 1.54) is 0 Å². The molecule has 4 atom stereocenters. The van der Waals surface area contributed by atoms with Crippen LogP contribution in [0.25, 0.3) is 0 Å². The van der Waals surface area contributed by atoms with E-state index in [1.54, 1.807) is 13.2 Å². The van der Waals surface area contributed by atoms with Crippen molar-refractivity contribution in [3.05, 3.63) is 35.1 Å². The molecule has 0 radical (unpaired) electrons. The van der Waals surface area contributed by atoms with Gasteiger partial charge in [-0.25, -0.2) is 0 Å². The lowest BCUT2D eigenvalue weighted by Crippen LogP contribution is -2.61. The largest absolute Gasteiger partial charge is 0.504 e. The highest BCUT2D eigenvalue weighted by molar-refractivity contribution is 7.99. The first-order chi connectivity index (χ1) is 12.4. The molecule has 1 aromatic rings. The molecule has 2 N–H and O–H groups in total. The Balaban J connectivity index is 2.02. The summed E-state index contributed by atoms with van der Waals surface area (Å²) in [4.78, 5) is 15.1. The zero-order valence-corrected chi connectivity index (χ0v) is 16.2. The maximum absolute atomic E-state index is 12.7. The standard InChI is InChI=1S/C20H25NO4S/c1-4-26-19-11-5-6-13(22)18(24)16(11)20-7-8-21(2)17(19)12(20)9-15(25-3)14(23)10-20/h5-6,9,12,17,19,22,24H,4,7-8,10H2,1-3H3/t12-,17-,19-,20-/m1/s1.